The van der Waals surface area contributed by atoms with E-state index in [0.717, 1.165) is 5.56 Å². The molecule has 1 N–H and O–H groups in total. The van der Waals surface area contributed by atoms with Gasteiger partial charge < -0.3 is 14.4 Å². The molecule has 0 aliphatic rings. The maximum Gasteiger partial charge on any atom is 0.229 e. The first-order valence-electron chi connectivity index (χ1n) is 6.37. The summed E-state index contributed by atoms with van der Waals surface area (Å²) in [5, 5.41) is 13.9. The third kappa shape index (κ3) is 3.62. The van der Waals surface area contributed by atoms with Crippen LogP contribution < -0.4 is 0 Å². The predicted molar refractivity (Wildman–Crippen MR) is 69.4 cm³/mol. The normalized spacial score (nSPS) is 14.3. The number of aromatic nitrogens is 2. The second-order valence-corrected chi connectivity index (χ2v) is 4.27. The lowest BCUT2D eigenvalue weighted by Crippen LogP contribution is -2.04. The van der Waals surface area contributed by atoms with Gasteiger partial charge in [-0.15, -0.1) is 0 Å². The lowest BCUT2D eigenvalue weighted by atomic mass is 10.1. The van der Waals surface area contributed by atoms with Crippen LogP contribution in [0.25, 0.3) is 0 Å². The third-order valence-electron chi connectivity index (χ3n) is 2.82. The molecule has 0 amide bonds. The second-order valence-electron chi connectivity index (χ2n) is 4.27. The van der Waals surface area contributed by atoms with Gasteiger partial charge in [0.1, 0.15) is 6.10 Å². The second kappa shape index (κ2) is 6.45. The van der Waals surface area contributed by atoms with Crippen LogP contribution in [0.4, 0.5) is 0 Å². The van der Waals surface area contributed by atoms with Gasteiger partial charge in [-0.2, -0.15) is 4.98 Å². The predicted octanol–water partition coefficient (Wildman–Crippen LogP) is 2.44. The molecule has 0 saturated carbocycles. The van der Waals surface area contributed by atoms with Crippen LogP contribution in [0.15, 0.2) is 34.9 Å². The fourth-order valence-electron chi connectivity index (χ4n) is 1.80. The minimum Gasteiger partial charge on any atom is -0.388 e. The highest BCUT2D eigenvalue weighted by Gasteiger charge is 2.17. The van der Waals surface area contributed by atoms with E-state index in [1.165, 1.54) is 0 Å². The molecule has 2 atom stereocenters. The molecule has 2 unspecified atom stereocenters. The van der Waals surface area contributed by atoms with Crippen molar-refractivity contribution < 1.29 is 14.4 Å². The van der Waals surface area contributed by atoms with Gasteiger partial charge in [0.2, 0.25) is 5.89 Å². The van der Waals surface area contributed by atoms with Gasteiger partial charge in [-0.25, -0.2) is 0 Å². The highest BCUT2D eigenvalue weighted by atomic mass is 16.5. The van der Waals surface area contributed by atoms with E-state index in [-0.39, 0.29) is 6.10 Å². The molecular formula is C14H18N2O3. The Morgan fingerprint density at radius 3 is 2.74 bits per heavy atom. The van der Waals surface area contributed by atoms with E-state index >= 15 is 0 Å². The SMILES string of the molecule is CCOC(C)c1noc(CC(O)c2ccccc2)n1. The molecule has 0 saturated heterocycles. The Balaban J connectivity index is 2.00. The molecule has 0 aliphatic carbocycles. The van der Waals surface area contributed by atoms with E-state index in [1.807, 2.05) is 44.2 Å². The molecule has 0 spiro atoms. The maximum absolute atomic E-state index is 10.1. The monoisotopic (exact) mass is 262 g/mol. The van der Waals surface area contributed by atoms with E-state index in [2.05, 4.69) is 10.1 Å². The minimum atomic E-state index is -0.642. The molecule has 5 nitrogen and oxygen atoms in total. The largest absolute Gasteiger partial charge is 0.388 e. The average Bonchev–Trinajstić information content (AvgIpc) is 2.88. The van der Waals surface area contributed by atoms with Crippen LogP contribution in [-0.2, 0) is 11.2 Å². The van der Waals surface area contributed by atoms with Crippen molar-refractivity contribution in [1.29, 1.82) is 0 Å². The zero-order chi connectivity index (χ0) is 13.7. The quantitative estimate of drug-likeness (QED) is 0.866. The molecule has 102 valence electrons. The van der Waals surface area contributed by atoms with E-state index in [4.69, 9.17) is 9.26 Å². The Morgan fingerprint density at radius 1 is 1.32 bits per heavy atom. The molecule has 2 aromatic rings. The van der Waals surface area contributed by atoms with Gasteiger partial charge in [0.05, 0.1) is 12.5 Å². The minimum absolute atomic E-state index is 0.198. The highest BCUT2D eigenvalue weighted by Crippen LogP contribution is 2.19. The smallest absolute Gasteiger partial charge is 0.229 e. The molecule has 1 aromatic carbocycles. The van der Waals surface area contributed by atoms with Gasteiger partial charge in [-0.3, -0.25) is 0 Å². The Morgan fingerprint density at radius 2 is 2.05 bits per heavy atom. The van der Waals surface area contributed by atoms with Gasteiger partial charge in [-0.05, 0) is 19.4 Å². The maximum atomic E-state index is 10.1. The summed E-state index contributed by atoms with van der Waals surface area (Å²) in [5.74, 6) is 0.926. The fraction of sp³-hybridized carbons (Fsp3) is 0.429. The number of benzene rings is 1. The van der Waals surface area contributed by atoms with Crippen LogP contribution in [0.3, 0.4) is 0 Å². The molecular weight excluding hydrogens is 244 g/mol. The van der Waals surface area contributed by atoms with E-state index in [0.29, 0.717) is 24.7 Å². The first kappa shape index (κ1) is 13.7. The zero-order valence-corrected chi connectivity index (χ0v) is 11.1. The fourth-order valence-corrected chi connectivity index (χ4v) is 1.80. The van der Waals surface area contributed by atoms with Crippen LogP contribution >= 0.6 is 0 Å². The van der Waals surface area contributed by atoms with Gasteiger partial charge in [-0.1, -0.05) is 35.5 Å². The number of hydrogen-bond acceptors (Lipinski definition) is 5. The van der Waals surface area contributed by atoms with Crippen molar-refractivity contribution in [3.63, 3.8) is 0 Å². The third-order valence-corrected chi connectivity index (χ3v) is 2.82. The summed E-state index contributed by atoms with van der Waals surface area (Å²) < 4.78 is 10.5. The summed E-state index contributed by atoms with van der Waals surface area (Å²) in [6.45, 7) is 4.38. The molecule has 19 heavy (non-hydrogen) atoms. The summed E-state index contributed by atoms with van der Waals surface area (Å²) >= 11 is 0. The van der Waals surface area contributed by atoms with E-state index in [1.54, 1.807) is 0 Å². The van der Waals surface area contributed by atoms with Crippen molar-refractivity contribution in [2.45, 2.75) is 32.5 Å². The Kier molecular flexibility index (Phi) is 4.65. The molecule has 2 rings (SSSR count). The molecule has 0 radical (unpaired) electrons. The molecule has 0 fully saturated rings. The summed E-state index contributed by atoms with van der Waals surface area (Å²) in [7, 11) is 0. The molecule has 0 bridgehead atoms. The van der Waals surface area contributed by atoms with Crippen molar-refractivity contribution in [3.05, 3.63) is 47.6 Å². The van der Waals surface area contributed by atoms with Crippen molar-refractivity contribution in [1.82, 2.24) is 10.1 Å². The number of rotatable bonds is 6. The summed E-state index contributed by atoms with van der Waals surface area (Å²) in [5.41, 5.74) is 0.833. The summed E-state index contributed by atoms with van der Waals surface area (Å²) in [4.78, 5) is 4.23. The highest BCUT2D eigenvalue weighted by molar-refractivity contribution is 5.18. The average molecular weight is 262 g/mol. The van der Waals surface area contributed by atoms with Crippen molar-refractivity contribution in [3.8, 4) is 0 Å². The van der Waals surface area contributed by atoms with Gasteiger partial charge in [0.15, 0.2) is 5.82 Å². The van der Waals surface area contributed by atoms with Crippen molar-refractivity contribution >= 4 is 0 Å². The lowest BCUT2D eigenvalue weighted by molar-refractivity contribution is 0.0683. The van der Waals surface area contributed by atoms with Crippen LogP contribution in [-0.4, -0.2) is 21.9 Å². The molecule has 1 heterocycles. The zero-order valence-electron chi connectivity index (χ0n) is 11.1. The molecule has 1 aromatic heterocycles. The van der Waals surface area contributed by atoms with Crippen LogP contribution in [0.2, 0.25) is 0 Å². The Hall–Kier alpha value is -1.72. The number of ether oxygens (including phenoxy) is 1. The van der Waals surface area contributed by atoms with E-state index in [9.17, 15) is 5.11 Å². The van der Waals surface area contributed by atoms with Crippen LogP contribution in [0, 0.1) is 0 Å². The van der Waals surface area contributed by atoms with E-state index < -0.39 is 6.10 Å². The van der Waals surface area contributed by atoms with Gasteiger partial charge in [0, 0.05) is 6.61 Å². The van der Waals surface area contributed by atoms with Gasteiger partial charge >= 0.3 is 0 Å². The lowest BCUT2D eigenvalue weighted by Gasteiger charge is -2.07. The topological polar surface area (TPSA) is 68.4 Å². The first-order valence-corrected chi connectivity index (χ1v) is 6.37. The Labute approximate surface area is 112 Å². The van der Waals surface area contributed by atoms with Crippen LogP contribution in [0.1, 0.15) is 43.3 Å². The number of hydrogen-bond donors (Lipinski definition) is 1. The first-order chi connectivity index (χ1) is 9.20. The van der Waals surface area contributed by atoms with Crippen molar-refractivity contribution in [2.75, 3.05) is 6.61 Å². The van der Waals surface area contributed by atoms with Crippen molar-refractivity contribution in [2.24, 2.45) is 0 Å². The van der Waals surface area contributed by atoms with Crippen LogP contribution in [0.5, 0.6) is 0 Å². The Bertz CT molecular complexity index is 498. The number of aliphatic hydroxyl groups excluding tert-OH is 1. The summed E-state index contributed by atoms with van der Waals surface area (Å²) in [6, 6.07) is 9.41. The number of aliphatic hydroxyl groups is 1. The molecule has 0 aliphatic heterocycles. The van der Waals surface area contributed by atoms with Gasteiger partial charge in [0.25, 0.3) is 0 Å². The summed E-state index contributed by atoms with van der Waals surface area (Å²) in [6.07, 6.45) is -0.538. The standard InChI is InChI=1S/C14H18N2O3/c1-3-18-10(2)14-15-13(19-16-14)9-12(17)11-7-5-4-6-8-11/h4-8,10,12,17H,3,9H2,1-2H3. The molecule has 5 heteroatoms. The number of nitrogens with zero attached hydrogens (tertiary/aromatic N) is 2.